The fraction of sp³-hybridized carbons (Fsp3) is 0.133. The standard InChI is InChI=1S/C15H17N3O/c1-11(12-6-3-2-4-7-12)19-14-9-5-8-13(10-14)15(16)18-17/h2-11H,17H2,1H3,(H2,16,18). The summed E-state index contributed by atoms with van der Waals surface area (Å²) in [7, 11) is 0. The summed E-state index contributed by atoms with van der Waals surface area (Å²) < 4.78 is 5.88. The third-order valence-corrected chi connectivity index (χ3v) is 2.85. The zero-order chi connectivity index (χ0) is 13.7. The van der Waals surface area contributed by atoms with Crippen molar-refractivity contribution in [2.75, 3.05) is 0 Å². The van der Waals surface area contributed by atoms with E-state index >= 15 is 0 Å². The van der Waals surface area contributed by atoms with Crippen molar-refractivity contribution in [3.8, 4) is 5.75 Å². The molecule has 98 valence electrons. The highest BCUT2D eigenvalue weighted by Gasteiger charge is 2.07. The van der Waals surface area contributed by atoms with Gasteiger partial charge in [0.2, 0.25) is 0 Å². The van der Waals surface area contributed by atoms with Crippen LogP contribution in [0.3, 0.4) is 0 Å². The van der Waals surface area contributed by atoms with Crippen LogP contribution in [0, 0.1) is 0 Å². The zero-order valence-electron chi connectivity index (χ0n) is 10.8. The lowest BCUT2D eigenvalue weighted by atomic mass is 10.1. The summed E-state index contributed by atoms with van der Waals surface area (Å²) in [6.07, 6.45) is -0.0347. The van der Waals surface area contributed by atoms with Gasteiger partial charge >= 0.3 is 0 Å². The van der Waals surface area contributed by atoms with Gasteiger partial charge in [0.25, 0.3) is 0 Å². The summed E-state index contributed by atoms with van der Waals surface area (Å²) in [6, 6.07) is 17.4. The molecular formula is C15H17N3O. The van der Waals surface area contributed by atoms with Crippen LogP contribution in [0.4, 0.5) is 0 Å². The van der Waals surface area contributed by atoms with Crippen LogP contribution in [0.25, 0.3) is 0 Å². The van der Waals surface area contributed by atoms with Gasteiger partial charge in [-0.05, 0) is 24.6 Å². The van der Waals surface area contributed by atoms with Crippen LogP contribution in [0.5, 0.6) is 5.75 Å². The minimum Gasteiger partial charge on any atom is -0.486 e. The first-order chi connectivity index (χ1) is 9.20. The molecule has 0 bridgehead atoms. The van der Waals surface area contributed by atoms with E-state index in [1.165, 1.54) is 0 Å². The number of hydrazone groups is 1. The Bertz CT molecular complexity index is 567. The van der Waals surface area contributed by atoms with Crippen molar-refractivity contribution in [3.05, 3.63) is 65.7 Å². The van der Waals surface area contributed by atoms with Crippen LogP contribution in [0.1, 0.15) is 24.2 Å². The molecule has 0 aromatic heterocycles. The smallest absolute Gasteiger partial charge is 0.150 e. The second kappa shape index (κ2) is 5.91. The van der Waals surface area contributed by atoms with Crippen molar-refractivity contribution in [2.45, 2.75) is 13.0 Å². The normalized spacial score (nSPS) is 13.0. The van der Waals surface area contributed by atoms with Crippen molar-refractivity contribution in [3.63, 3.8) is 0 Å². The molecule has 2 rings (SSSR count). The molecule has 1 atom stereocenters. The summed E-state index contributed by atoms with van der Waals surface area (Å²) in [5.41, 5.74) is 7.54. The molecular weight excluding hydrogens is 238 g/mol. The topological polar surface area (TPSA) is 73.6 Å². The van der Waals surface area contributed by atoms with E-state index in [1.54, 1.807) is 0 Å². The number of ether oxygens (including phenoxy) is 1. The molecule has 0 radical (unpaired) electrons. The minimum atomic E-state index is -0.0347. The second-order valence-corrected chi connectivity index (χ2v) is 4.21. The lowest BCUT2D eigenvalue weighted by Gasteiger charge is -2.15. The van der Waals surface area contributed by atoms with Crippen LogP contribution in [0.15, 0.2) is 59.7 Å². The van der Waals surface area contributed by atoms with Gasteiger partial charge in [-0.1, -0.05) is 42.5 Å². The lowest BCUT2D eigenvalue weighted by molar-refractivity contribution is 0.227. The Balaban J connectivity index is 2.16. The SMILES string of the molecule is CC(Oc1cccc(/C(N)=N/N)c1)c1ccccc1. The second-order valence-electron chi connectivity index (χ2n) is 4.21. The maximum Gasteiger partial charge on any atom is 0.150 e. The molecule has 0 saturated heterocycles. The van der Waals surface area contributed by atoms with Crippen LogP contribution in [-0.4, -0.2) is 5.84 Å². The van der Waals surface area contributed by atoms with Crippen LogP contribution >= 0.6 is 0 Å². The van der Waals surface area contributed by atoms with Crippen LogP contribution in [-0.2, 0) is 0 Å². The summed E-state index contributed by atoms with van der Waals surface area (Å²) >= 11 is 0. The predicted octanol–water partition coefficient (Wildman–Crippen LogP) is 2.41. The highest BCUT2D eigenvalue weighted by Crippen LogP contribution is 2.22. The van der Waals surface area contributed by atoms with E-state index in [0.29, 0.717) is 0 Å². The third-order valence-electron chi connectivity index (χ3n) is 2.85. The average molecular weight is 255 g/mol. The number of nitrogens with zero attached hydrogens (tertiary/aromatic N) is 1. The first-order valence-electron chi connectivity index (χ1n) is 6.06. The summed E-state index contributed by atoms with van der Waals surface area (Å²) in [5, 5.41) is 3.48. The van der Waals surface area contributed by atoms with Gasteiger partial charge in [-0.2, -0.15) is 5.10 Å². The Morgan fingerprint density at radius 1 is 1.11 bits per heavy atom. The van der Waals surface area contributed by atoms with Crippen molar-refractivity contribution in [2.24, 2.45) is 16.7 Å². The molecule has 2 aromatic carbocycles. The molecule has 4 N–H and O–H groups in total. The summed E-state index contributed by atoms with van der Waals surface area (Å²) in [6.45, 7) is 2.00. The van der Waals surface area contributed by atoms with Gasteiger partial charge in [-0.3, -0.25) is 0 Å². The first kappa shape index (κ1) is 13.0. The molecule has 4 nitrogen and oxygen atoms in total. The summed E-state index contributed by atoms with van der Waals surface area (Å²) in [5.74, 6) is 6.19. The number of hydrogen-bond donors (Lipinski definition) is 2. The van der Waals surface area contributed by atoms with E-state index in [2.05, 4.69) is 5.10 Å². The molecule has 19 heavy (non-hydrogen) atoms. The molecule has 0 aliphatic heterocycles. The molecule has 1 unspecified atom stereocenters. The fourth-order valence-corrected chi connectivity index (χ4v) is 1.80. The quantitative estimate of drug-likeness (QED) is 0.381. The van der Waals surface area contributed by atoms with Crippen molar-refractivity contribution in [1.29, 1.82) is 0 Å². The van der Waals surface area contributed by atoms with Gasteiger partial charge in [-0.25, -0.2) is 0 Å². The Kier molecular flexibility index (Phi) is 4.03. The number of nitrogens with two attached hydrogens (primary N) is 2. The molecule has 0 heterocycles. The fourth-order valence-electron chi connectivity index (χ4n) is 1.80. The van der Waals surface area contributed by atoms with E-state index in [0.717, 1.165) is 16.9 Å². The van der Waals surface area contributed by atoms with Crippen LogP contribution < -0.4 is 16.3 Å². The number of benzene rings is 2. The Labute approximate surface area is 112 Å². The van der Waals surface area contributed by atoms with Crippen LogP contribution in [0.2, 0.25) is 0 Å². The molecule has 0 aliphatic rings. The minimum absolute atomic E-state index is 0.0347. The Morgan fingerprint density at radius 3 is 2.53 bits per heavy atom. The molecule has 0 aliphatic carbocycles. The van der Waals surface area contributed by atoms with Gasteiger partial charge in [0, 0.05) is 5.56 Å². The maximum absolute atomic E-state index is 5.88. The van der Waals surface area contributed by atoms with Gasteiger partial charge < -0.3 is 16.3 Å². The molecule has 4 heteroatoms. The van der Waals surface area contributed by atoms with E-state index < -0.39 is 0 Å². The highest BCUT2D eigenvalue weighted by atomic mass is 16.5. The summed E-state index contributed by atoms with van der Waals surface area (Å²) in [4.78, 5) is 0. The van der Waals surface area contributed by atoms with E-state index in [-0.39, 0.29) is 11.9 Å². The monoisotopic (exact) mass is 255 g/mol. The number of amidine groups is 1. The third kappa shape index (κ3) is 3.25. The predicted molar refractivity (Wildman–Crippen MR) is 76.8 cm³/mol. The number of hydrogen-bond acceptors (Lipinski definition) is 3. The van der Waals surface area contributed by atoms with Crippen molar-refractivity contribution >= 4 is 5.84 Å². The molecule has 0 fully saturated rings. The van der Waals surface area contributed by atoms with E-state index in [1.807, 2.05) is 61.5 Å². The van der Waals surface area contributed by atoms with E-state index in [9.17, 15) is 0 Å². The highest BCUT2D eigenvalue weighted by molar-refractivity contribution is 5.97. The molecule has 0 saturated carbocycles. The average Bonchev–Trinajstić information content (AvgIpc) is 2.47. The molecule has 0 amide bonds. The van der Waals surface area contributed by atoms with Gasteiger partial charge in [-0.15, -0.1) is 0 Å². The molecule has 2 aromatic rings. The van der Waals surface area contributed by atoms with Gasteiger partial charge in [0.05, 0.1) is 0 Å². The maximum atomic E-state index is 5.88. The van der Waals surface area contributed by atoms with Crippen molar-refractivity contribution < 1.29 is 4.74 Å². The van der Waals surface area contributed by atoms with E-state index in [4.69, 9.17) is 16.3 Å². The lowest BCUT2D eigenvalue weighted by Crippen LogP contribution is -2.15. The van der Waals surface area contributed by atoms with Gasteiger partial charge in [0.15, 0.2) is 0 Å². The van der Waals surface area contributed by atoms with Gasteiger partial charge in [0.1, 0.15) is 17.7 Å². The molecule has 0 spiro atoms. The Hall–Kier alpha value is -2.49. The largest absolute Gasteiger partial charge is 0.486 e. The first-order valence-corrected chi connectivity index (χ1v) is 6.06. The Morgan fingerprint density at radius 2 is 1.84 bits per heavy atom. The number of rotatable bonds is 4. The van der Waals surface area contributed by atoms with Crippen molar-refractivity contribution in [1.82, 2.24) is 0 Å². The zero-order valence-corrected chi connectivity index (χ0v) is 10.8.